The summed E-state index contributed by atoms with van der Waals surface area (Å²) in [5, 5.41) is 9.05. The van der Waals surface area contributed by atoms with E-state index in [2.05, 4.69) is 0 Å². The summed E-state index contributed by atoms with van der Waals surface area (Å²) in [5.74, 6) is -1.10. The lowest BCUT2D eigenvalue weighted by atomic mass is 10.2. The summed E-state index contributed by atoms with van der Waals surface area (Å²) in [4.78, 5) is 23.6. The molecular formula is C13H15NO5. The number of carbonyl (C=O) groups excluding carboxylic acids is 1. The molecule has 2 rings (SSSR count). The zero-order valence-corrected chi connectivity index (χ0v) is 10.8. The number of carbonyl (C=O) groups is 1. The molecular weight excluding hydrogens is 250 g/mol. The summed E-state index contributed by atoms with van der Waals surface area (Å²) in [6.45, 7) is 1.65. The van der Waals surface area contributed by atoms with Gasteiger partial charge in [-0.15, -0.1) is 0 Å². The van der Waals surface area contributed by atoms with E-state index in [-0.39, 0.29) is 6.61 Å². The highest BCUT2D eigenvalue weighted by Gasteiger charge is 2.24. The number of esters is 1. The third kappa shape index (κ3) is 2.26. The van der Waals surface area contributed by atoms with Crippen molar-refractivity contribution in [1.82, 2.24) is 4.57 Å². The monoisotopic (exact) mass is 265 g/mol. The second-order valence-corrected chi connectivity index (χ2v) is 4.15. The molecule has 1 unspecified atom stereocenters. The second-order valence-electron chi connectivity index (χ2n) is 4.15. The highest BCUT2D eigenvalue weighted by molar-refractivity contribution is 5.79. The minimum atomic E-state index is -0.710. The maximum absolute atomic E-state index is 11.9. The largest absolute Gasteiger partial charge is 0.467 e. The highest BCUT2D eigenvalue weighted by atomic mass is 16.5. The summed E-state index contributed by atoms with van der Waals surface area (Å²) in [5.41, 5.74) is 1.50. The number of nitrogens with zero attached hydrogens (tertiary/aromatic N) is 1. The number of aliphatic hydroxyl groups excluding tert-OH is 1. The summed E-state index contributed by atoms with van der Waals surface area (Å²) < 4.78 is 11.1. The third-order valence-corrected chi connectivity index (χ3v) is 3.03. The van der Waals surface area contributed by atoms with E-state index in [9.17, 15) is 9.59 Å². The van der Waals surface area contributed by atoms with Crippen LogP contribution in [-0.4, -0.2) is 22.8 Å². The smallest absolute Gasteiger partial charge is 0.420 e. The summed E-state index contributed by atoms with van der Waals surface area (Å²) in [6.07, 6.45) is 0.420. The highest BCUT2D eigenvalue weighted by Crippen LogP contribution is 2.21. The van der Waals surface area contributed by atoms with Crippen LogP contribution in [0.25, 0.3) is 11.1 Å². The van der Waals surface area contributed by atoms with E-state index in [1.807, 2.05) is 0 Å². The van der Waals surface area contributed by atoms with Crippen LogP contribution in [0.15, 0.2) is 27.4 Å². The Balaban J connectivity index is 2.62. The van der Waals surface area contributed by atoms with Gasteiger partial charge in [0.05, 0.1) is 19.2 Å². The quantitative estimate of drug-likeness (QED) is 0.840. The Kier molecular flexibility index (Phi) is 3.71. The Hall–Kier alpha value is -2.08. The molecule has 0 fully saturated rings. The Labute approximate surface area is 109 Å². The Morgan fingerprint density at radius 2 is 2.26 bits per heavy atom. The van der Waals surface area contributed by atoms with Crippen molar-refractivity contribution in [3.8, 4) is 0 Å². The number of fused-ring (bicyclic) bond motifs is 1. The van der Waals surface area contributed by atoms with Crippen molar-refractivity contribution in [2.24, 2.45) is 0 Å². The Morgan fingerprint density at radius 3 is 2.84 bits per heavy atom. The van der Waals surface area contributed by atoms with Crippen LogP contribution in [0.1, 0.15) is 24.9 Å². The van der Waals surface area contributed by atoms with Gasteiger partial charge in [-0.05, 0) is 24.1 Å². The molecule has 1 atom stereocenters. The molecule has 102 valence electrons. The third-order valence-electron chi connectivity index (χ3n) is 3.03. The summed E-state index contributed by atoms with van der Waals surface area (Å²) in [7, 11) is 1.28. The fourth-order valence-electron chi connectivity index (χ4n) is 2.07. The summed E-state index contributed by atoms with van der Waals surface area (Å²) in [6, 6.07) is 4.20. The van der Waals surface area contributed by atoms with Crippen LogP contribution in [0.4, 0.5) is 0 Å². The Bertz CT molecular complexity index is 655. The van der Waals surface area contributed by atoms with E-state index in [0.717, 1.165) is 0 Å². The molecule has 0 spiro atoms. The Morgan fingerprint density at radius 1 is 1.53 bits per heavy atom. The van der Waals surface area contributed by atoms with Gasteiger partial charge < -0.3 is 14.3 Å². The first-order chi connectivity index (χ1) is 9.12. The van der Waals surface area contributed by atoms with E-state index >= 15 is 0 Å². The lowest BCUT2D eigenvalue weighted by molar-refractivity contribution is -0.144. The zero-order valence-electron chi connectivity index (χ0n) is 10.8. The van der Waals surface area contributed by atoms with Crippen LogP contribution in [0, 0.1) is 0 Å². The van der Waals surface area contributed by atoms with Crippen LogP contribution < -0.4 is 5.76 Å². The lowest BCUT2D eigenvalue weighted by Crippen LogP contribution is -2.27. The van der Waals surface area contributed by atoms with Gasteiger partial charge in [0.2, 0.25) is 0 Å². The maximum atomic E-state index is 11.9. The molecule has 0 amide bonds. The van der Waals surface area contributed by atoms with Gasteiger partial charge >= 0.3 is 11.7 Å². The number of hydrogen-bond acceptors (Lipinski definition) is 5. The van der Waals surface area contributed by atoms with Crippen molar-refractivity contribution in [3.63, 3.8) is 0 Å². The molecule has 0 aliphatic carbocycles. The van der Waals surface area contributed by atoms with E-state index in [1.54, 1.807) is 25.1 Å². The molecule has 19 heavy (non-hydrogen) atoms. The fourth-order valence-corrected chi connectivity index (χ4v) is 2.07. The topological polar surface area (TPSA) is 81.7 Å². The van der Waals surface area contributed by atoms with Gasteiger partial charge in [0.25, 0.3) is 0 Å². The van der Waals surface area contributed by atoms with Crippen molar-refractivity contribution in [1.29, 1.82) is 0 Å². The fraction of sp³-hybridized carbons (Fsp3) is 0.385. The van der Waals surface area contributed by atoms with Gasteiger partial charge in [-0.3, -0.25) is 4.57 Å². The van der Waals surface area contributed by atoms with Crippen LogP contribution in [-0.2, 0) is 16.1 Å². The first kappa shape index (κ1) is 13.4. The van der Waals surface area contributed by atoms with Crippen molar-refractivity contribution >= 4 is 17.1 Å². The van der Waals surface area contributed by atoms with Gasteiger partial charge in [-0.1, -0.05) is 13.0 Å². The number of rotatable bonds is 4. The van der Waals surface area contributed by atoms with E-state index in [4.69, 9.17) is 14.3 Å². The molecule has 6 nitrogen and oxygen atoms in total. The average molecular weight is 265 g/mol. The molecule has 6 heteroatoms. The van der Waals surface area contributed by atoms with Gasteiger partial charge in [0, 0.05) is 0 Å². The van der Waals surface area contributed by atoms with Crippen molar-refractivity contribution in [2.75, 3.05) is 7.11 Å². The molecule has 0 saturated carbocycles. The molecule has 1 heterocycles. The maximum Gasteiger partial charge on any atom is 0.420 e. The van der Waals surface area contributed by atoms with Gasteiger partial charge in [-0.25, -0.2) is 9.59 Å². The number of methoxy groups -OCH3 is 1. The van der Waals surface area contributed by atoms with Crippen molar-refractivity contribution < 1.29 is 19.1 Å². The predicted molar refractivity (Wildman–Crippen MR) is 67.7 cm³/mol. The standard InChI is InChI=1S/C13H15NO5/c1-3-9(12(16)18-2)14-10-5-4-8(7-15)6-11(10)19-13(14)17/h4-6,9,15H,3,7H2,1-2H3. The zero-order chi connectivity index (χ0) is 14.0. The molecule has 1 aromatic heterocycles. The molecule has 0 aliphatic rings. The molecule has 0 radical (unpaired) electrons. The minimum absolute atomic E-state index is 0.140. The molecule has 0 aliphatic heterocycles. The van der Waals surface area contributed by atoms with Crippen molar-refractivity contribution in [3.05, 3.63) is 34.3 Å². The van der Waals surface area contributed by atoms with E-state index in [1.165, 1.54) is 11.7 Å². The number of aromatic nitrogens is 1. The number of hydrogen-bond donors (Lipinski definition) is 1. The first-order valence-electron chi connectivity index (χ1n) is 5.95. The van der Waals surface area contributed by atoms with Gasteiger partial charge in [-0.2, -0.15) is 0 Å². The van der Waals surface area contributed by atoms with Crippen LogP contribution in [0.5, 0.6) is 0 Å². The first-order valence-corrected chi connectivity index (χ1v) is 5.95. The minimum Gasteiger partial charge on any atom is -0.467 e. The average Bonchev–Trinajstić information content (AvgIpc) is 2.75. The van der Waals surface area contributed by atoms with Gasteiger partial charge in [0.15, 0.2) is 5.58 Å². The van der Waals surface area contributed by atoms with E-state index < -0.39 is 17.8 Å². The van der Waals surface area contributed by atoms with Crippen LogP contribution >= 0.6 is 0 Å². The number of ether oxygens (including phenoxy) is 1. The number of benzene rings is 1. The van der Waals surface area contributed by atoms with E-state index in [0.29, 0.717) is 23.1 Å². The van der Waals surface area contributed by atoms with Crippen LogP contribution in [0.3, 0.4) is 0 Å². The molecule has 2 aromatic rings. The normalized spacial score (nSPS) is 12.6. The molecule has 0 saturated heterocycles. The number of aliphatic hydroxyl groups is 1. The lowest BCUT2D eigenvalue weighted by Gasteiger charge is -2.13. The summed E-state index contributed by atoms with van der Waals surface area (Å²) >= 11 is 0. The van der Waals surface area contributed by atoms with Gasteiger partial charge in [0.1, 0.15) is 6.04 Å². The molecule has 1 N–H and O–H groups in total. The predicted octanol–water partition coefficient (Wildman–Crippen LogP) is 1.21. The number of oxazole rings is 1. The van der Waals surface area contributed by atoms with Crippen molar-refractivity contribution in [2.45, 2.75) is 26.0 Å². The molecule has 0 bridgehead atoms. The molecule has 1 aromatic carbocycles. The SMILES string of the molecule is CCC(C(=O)OC)n1c(=O)oc2cc(CO)ccc21. The second kappa shape index (κ2) is 5.27. The van der Waals surface area contributed by atoms with Crippen LogP contribution in [0.2, 0.25) is 0 Å².